The van der Waals surface area contributed by atoms with Crippen LogP contribution in [0.25, 0.3) is 0 Å². The summed E-state index contributed by atoms with van der Waals surface area (Å²) < 4.78 is 0. The minimum Gasteiger partial charge on any atom is -1.00 e. The summed E-state index contributed by atoms with van der Waals surface area (Å²) in [4.78, 5) is 11.1. The monoisotopic (exact) mass is 246 g/mol. The summed E-state index contributed by atoms with van der Waals surface area (Å²) in [5.74, 6) is 0. The van der Waals surface area contributed by atoms with Gasteiger partial charge in [0, 0.05) is 6.07 Å². The van der Waals surface area contributed by atoms with Gasteiger partial charge in [-0.15, -0.1) is 0 Å². The summed E-state index contributed by atoms with van der Waals surface area (Å²) in [6.07, 6.45) is 0. The van der Waals surface area contributed by atoms with Crippen molar-refractivity contribution >= 4 is 11.4 Å². The van der Waals surface area contributed by atoms with Gasteiger partial charge in [-0.3, -0.25) is 10.1 Å². The maximum absolute atomic E-state index is 10.4. The molecule has 0 saturated heterocycles. The summed E-state index contributed by atoms with van der Waals surface area (Å²) in [5.41, 5.74) is 1.07. The molecule has 72 valence electrons. The molecule has 0 spiro atoms. The standard InChI is InChI=1S/C8H10N2O2.BrH/c1-9(2)7-4-3-5-8(6-7)10(11)12;/h3-6H,1-2H3;1H. The molecule has 1 aromatic carbocycles. The van der Waals surface area contributed by atoms with Crippen molar-refractivity contribution in [3.63, 3.8) is 0 Å². The molecule has 0 aliphatic rings. The SMILES string of the molecule is C[NH+](C)c1cccc([N+](=O)[O-])c1.[Br-]. The summed E-state index contributed by atoms with van der Waals surface area (Å²) in [7, 11) is 3.86. The predicted octanol–water partition coefficient (Wildman–Crippen LogP) is -2.63. The number of benzene rings is 1. The average Bonchev–Trinajstić information content (AvgIpc) is 2.04. The molecule has 0 amide bonds. The first-order valence-electron chi connectivity index (χ1n) is 3.66. The van der Waals surface area contributed by atoms with Gasteiger partial charge in [0.15, 0.2) is 0 Å². The van der Waals surface area contributed by atoms with E-state index < -0.39 is 0 Å². The zero-order chi connectivity index (χ0) is 9.14. The van der Waals surface area contributed by atoms with E-state index in [-0.39, 0.29) is 27.6 Å². The van der Waals surface area contributed by atoms with Crippen LogP contribution in [0.2, 0.25) is 0 Å². The van der Waals surface area contributed by atoms with Crippen LogP contribution in [0, 0.1) is 10.1 Å². The Labute approximate surface area is 87.1 Å². The first-order chi connectivity index (χ1) is 5.61. The van der Waals surface area contributed by atoms with Crippen LogP contribution in [0.1, 0.15) is 0 Å². The van der Waals surface area contributed by atoms with Gasteiger partial charge in [-0.05, 0) is 12.1 Å². The largest absolute Gasteiger partial charge is 1.00 e. The van der Waals surface area contributed by atoms with Crippen molar-refractivity contribution in [2.45, 2.75) is 0 Å². The van der Waals surface area contributed by atoms with Gasteiger partial charge in [-0.1, -0.05) is 0 Å². The molecule has 0 fully saturated rings. The van der Waals surface area contributed by atoms with E-state index in [0.29, 0.717) is 0 Å². The van der Waals surface area contributed by atoms with Crippen LogP contribution in [0.4, 0.5) is 11.4 Å². The topological polar surface area (TPSA) is 47.6 Å². The molecule has 13 heavy (non-hydrogen) atoms. The highest BCUT2D eigenvalue weighted by molar-refractivity contribution is 5.41. The number of hydrogen-bond donors (Lipinski definition) is 1. The predicted molar refractivity (Wildman–Crippen MR) is 45.6 cm³/mol. The number of non-ortho nitro benzene ring substituents is 1. The van der Waals surface area contributed by atoms with Gasteiger partial charge >= 0.3 is 0 Å². The smallest absolute Gasteiger partial charge is 0.275 e. The van der Waals surface area contributed by atoms with Gasteiger partial charge < -0.3 is 21.9 Å². The Kier molecular flexibility index (Phi) is 4.58. The number of rotatable bonds is 2. The molecule has 0 aromatic heterocycles. The highest BCUT2D eigenvalue weighted by Gasteiger charge is 2.08. The molecular weight excluding hydrogens is 236 g/mol. The van der Waals surface area contributed by atoms with Gasteiger partial charge in [0.2, 0.25) is 0 Å². The molecule has 0 aliphatic heterocycles. The van der Waals surface area contributed by atoms with Gasteiger partial charge in [-0.2, -0.15) is 0 Å². The molecule has 0 unspecified atom stereocenters. The Morgan fingerprint density at radius 2 is 2.00 bits per heavy atom. The fourth-order valence-electron chi connectivity index (χ4n) is 0.930. The van der Waals surface area contributed by atoms with E-state index in [1.807, 2.05) is 20.2 Å². The normalized spacial score (nSPS) is 9.46. The lowest BCUT2D eigenvalue weighted by Crippen LogP contribution is -3.00. The van der Waals surface area contributed by atoms with Gasteiger partial charge in [0.1, 0.15) is 5.69 Å². The van der Waals surface area contributed by atoms with Crippen molar-refractivity contribution in [1.82, 2.24) is 0 Å². The Morgan fingerprint density at radius 3 is 2.46 bits per heavy atom. The van der Waals surface area contributed by atoms with E-state index in [2.05, 4.69) is 0 Å². The number of quaternary nitrogens is 1. The molecular formula is C8H11BrN2O2. The van der Waals surface area contributed by atoms with Gasteiger partial charge in [0.25, 0.3) is 5.69 Å². The fourth-order valence-corrected chi connectivity index (χ4v) is 0.930. The molecule has 0 bridgehead atoms. The molecule has 1 aromatic rings. The highest BCUT2D eigenvalue weighted by atomic mass is 79.9. The second kappa shape index (κ2) is 4.94. The Morgan fingerprint density at radius 1 is 1.38 bits per heavy atom. The number of nitro benzene ring substituents is 1. The molecule has 4 nitrogen and oxygen atoms in total. The van der Waals surface area contributed by atoms with E-state index in [0.717, 1.165) is 10.6 Å². The molecule has 5 heteroatoms. The molecule has 0 atom stereocenters. The zero-order valence-corrected chi connectivity index (χ0v) is 9.04. The quantitative estimate of drug-likeness (QED) is 0.459. The Hall–Kier alpha value is -0.940. The number of nitrogens with zero attached hydrogens (tertiary/aromatic N) is 1. The van der Waals surface area contributed by atoms with Gasteiger partial charge in [-0.25, -0.2) is 0 Å². The first-order valence-corrected chi connectivity index (χ1v) is 3.66. The maximum atomic E-state index is 10.4. The highest BCUT2D eigenvalue weighted by Crippen LogP contribution is 2.13. The molecule has 0 aliphatic carbocycles. The summed E-state index contributed by atoms with van der Waals surface area (Å²) in [6, 6.07) is 6.63. The molecule has 0 heterocycles. The zero-order valence-electron chi connectivity index (χ0n) is 7.45. The Bertz CT molecular complexity index is 302. The van der Waals surface area contributed by atoms with E-state index in [9.17, 15) is 10.1 Å². The van der Waals surface area contributed by atoms with Crippen LogP contribution in [-0.4, -0.2) is 19.0 Å². The van der Waals surface area contributed by atoms with Crippen molar-refractivity contribution in [2.24, 2.45) is 0 Å². The number of halogens is 1. The van der Waals surface area contributed by atoms with Crippen molar-refractivity contribution in [2.75, 3.05) is 14.1 Å². The second-order valence-electron chi connectivity index (χ2n) is 2.81. The first kappa shape index (κ1) is 12.1. The van der Waals surface area contributed by atoms with Crippen LogP contribution >= 0.6 is 0 Å². The number of nitro groups is 1. The van der Waals surface area contributed by atoms with Crippen LogP contribution in [0.15, 0.2) is 24.3 Å². The summed E-state index contributed by atoms with van der Waals surface area (Å²) in [6.45, 7) is 0. The van der Waals surface area contributed by atoms with E-state index in [1.54, 1.807) is 12.1 Å². The molecule has 0 saturated carbocycles. The number of nitrogens with one attached hydrogen (secondary N) is 1. The lowest BCUT2D eigenvalue weighted by Gasteiger charge is -2.04. The van der Waals surface area contributed by atoms with Crippen molar-refractivity contribution in [1.29, 1.82) is 0 Å². The fraction of sp³-hybridized carbons (Fsp3) is 0.250. The maximum Gasteiger partial charge on any atom is 0.275 e. The second-order valence-corrected chi connectivity index (χ2v) is 2.81. The van der Waals surface area contributed by atoms with E-state index >= 15 is 0 Å². The van der Waals surface area contributed by atoms with E-state index in [1.165, 1.54) is 6.07 Å². The summed E-state index contributed by atoms with van der Waals surface area (Å²) in [5, 5.41) is 10.4. The van der Waals surface area contributed by atoms with Crippen LogP contribution in [0.5, 0.6) is 0 Å². The third kappa shape index (κ3) is 3.12. The van der Waals surface area contributed by atoms with Crippen molar-refractivity contribution < 1.29 is 26.8 Å². The lowest BCUT2D eigenvalue weighted by atomic mass is 10.3. The van der Waals surface area contributed by atoms with Gasteiger partial charge in [0.05, 0.1) is 25.1 Å². The summed E-state index contributed by atoms with van der Waals surface area (Å²) >= 11 is 0. The van der Waals surface area contributed by atoms with Crippen LogP contribution < -0.4 is 21.9 Å². The molecule has 1 rings (SSSR count). The minimum atomic E-state index is -0.383. The molecule has 1 N–H and O–H groups in total. The van der Waals surface area contributed by atoms with Crippen molar-refractivity contribution in [3.05, 3.63) is 34.4 Å². The molecule has 0 radical (unpaired) electrons. The van der Waals surface area contributed by atoms with Crippen LogP contribution in [-0.2, 0) is 0 Å². The third-order valence-corrected chi connectivity index (χ3v) is 1.63. The van der Waals surface area contributed by atoms with Crippen LogP contribution in [0.3, 0.4) is 0 Å². The van der Waals surface area contributed by atoms with Crippen molar-refractivity contribution in [3.8, 4) is 0 Å². The third-order valence-electron chi connectivity index (χ3n) is 1.63. The number of hydrogen-bond acceptors (Lipinski definition) is 2. The van der Waals surface area contributed by atoms with E-state index in [4.69, 9.17) is 0 Å². The lowest BCUT2D eigenvalue weighted by molar-refractivity contribution is -0.786. The Balaban J connectivity index is 0.00000144. The minimum absolute atomic E-state index is 0. The average molecular weight is 247 g/mol.